The van der Waals surface area contributed by atoms with Gasteiger partial charge in [0.05, 0.1) is 0 Å². The first kappa shape index (κ1) is 21.8. The molecule has 1 aliphatic heterocycles. The van der Waals surface area contributed by atoms with E-state index in [-0.39, 0.29) is 18.3 Å². The Hall–Kier alpha value is -2.41. The fourth-order valence-corrected chi connectivity index (χ4v) is 4.83. The predicted molar refractivity (Wildman–Crippen MR) is 110 cm³/mol. The van der Waals surface area contributed by atoms with Gasteiger partial charge in [-0.3, -0.25) is 4.79 Å². The van der Waals surface area contributed by atoms with Gasteiger partial charge >= 0.3 is 12.1 Å². The first-order chi connectivity index (χ1) is 14.8. The van der Waals surface area contributed by atoms with Gasteiger partial charge in [-0.15, -0.1) is 0 Å². The highest BCUT2D eigenvalue weighted by molar-refractivity contribution is 5.82. The predicted octanol–water partition coefficient (Wildman–Crippen LogP) is 4.69. The largest absolute Gasteiger partial charge is 0.471 e. The van der Waals surface area contributed by atoms with Crippen LogP contribution in [0.15, 0.2) is 54.6 Å². The molecule has 1 N–H and O–H groups in total. The van der Waals surface area contributed by atoms with Crippen LogP contribution in [-0.4, -0.2) is 42.7 Å². The van der Waals surface area contributed by atoms with Gasteiger partial charge in [0.2, 0.25) is 0 Å². The van der Waals surface area contributed by atoms with Gasteiger partial charge in [0.25, 0.3) is 0 Å². The lowest BCUT2D eigenvalue weighted by molar-refractivity contribution is -0.188. The minimum Gasteiger partial charge on any atom is -0.331 e. The van der Waals surface area contributed by atoms with Gasteiger partial charge in [-0.1, -0.05) is 42.5 Å². The molecule has 1 unspecified atom stereocenters. The van der Waals surface area contributed by atoms with Crippen molar-refractivity contribution in [1.82, 2.24) is 10.2 Å². The average Bonchev–Trinajstić information content (AvgIpc) is 3.55. The molecule has 1 saturated heterocycles. The van der Waals surface area contributed by atoms with Crippen LogP contribution in [0.4, 0.5) is 17.6 Å². The third kappa shape index (κ3) is 5.09. The molecule has 0 spiro atoms. The van der Waals surface area contributed by atoms with E-state index in [1.54, 1.807) is 12.1 Å². The van der Waals surface area contributed by atoms with Crippen molar-refractivity contribution in [3.63, 3.8) is 0 Å². The maximum absolute atomic E-state index is 13.5. The number of hydrogen-bond donors (Lipinski definition) is 1. The molecule has 2 aliphatic rings. The minimum atomic E-state index is -4.91. The number of alkyl halides is 3. The average molecular weight is 434 g/mol. The Balaban J connectivity index is 1.60. The van der Waals surface area contributed by atoms with Gasteiger partial charge in [0.1, 0.15) is 5.82 Å². The number of halogens is 4. The van der Waals surface area contributed by atoms with Crippen LogP contribution in [0.1, 0.15) is 36.3 Å². The van der Waals surface area contributed by atoms with E-state index < -0.39 is 23.5 Å². The van der Waals surface area contributed by atoms with E-state index in [0.717, 1.165) is 16.0 Å². The molecule has 1 aliphatic carbocycles. The van der Waals surface area contributed by atoms with E-state index in [1.165, 1.54) is 12.1 Å². The summed E-state index contributed by atoms with van der Waals surface area (Å²) >= 11 is 0. The number of amides is 1. The molecule has 166 valence electrons. The number of benzene rings is 2. The first-order valence-corrected chi connectivity index (χ1v) is 10.7. The lowest BCUT2D eigenvalue weighted by Gasteiger charge is -2.42. The summed E-state index contributed by atoms with van der Waals surface area (Å²) in [5, 5.41) is 3.26. The van der Waals surface area contributed by atoms with Gasteiger partial charge < -0.3 is 10.2 Å². The quantitative estimate of drug-likeness (QED) is 0.670. The van der Waals surface area contributed by atoms with Gasteiger partial charge in [0, 0.05) is 18.5 Å². The summed E-state index contributed by atoms with van der Waals surface area (Å²) in [7, 11) is 0. The van der Waals surface area contributed by atoms with Crippen molar-refractivity contribution in [3.05, 3.63) is 71.5 Å². The molecule has 2 fully saturated rings. The van der Waals surface area contributed by atoms with Crippen molar-refractivity contribution < 1.29 is 22.4 Å². The normalized spacial score (nSPS) is 22.7. The summed E-state index contributed by atoms with van der Waals surface area (Å²) in [6.45, 7) is 1.42. The van der Waals surface area contributed by atoms with E-state index in [4.69, 9.17) is 0 Å². The molecule has 3 nitrogen and oxygen atoms in total. The smallest absolute Gasteiger partial charge is 0.331 e. The molecule has 31 heavy (non-hydrogen) atoms. The van der Waals surface area contributed by atoms with Crippen molar-refractivity contribution in [3.8, 4) is 0 Å². The fraction of sp³-hybridized carbons (Fsp3) is 0.458. The van der Waals surface area contributed by atoms with Crippen molar-refractivity contribution in [1.29, 1.82) is 0 Å². The maximum atomic E-state index is 13.5. The Morgan fingerprint density at radius 2 is 1.68 bits per heavy atom. The first-order valence-electron chi connectivity index (χ1n) is 10.7. The number of piperidine rings is 1. The second kappa shape index (κ2) is 8.61. The summed E-state index contributed by atoms with van der Waals surface area (Å²) in [6.07, 6.45) is -2.53. The molecule has 2 aromatic rings. The van der Waals surface area contributed by atoms with Crippen LogP contribution in [0.5, 0.6) is 0 Å². The third-order valence-corrected chi connectivity index (χ3v) is 6.55. The standard InChI is InChI=1S/C24H26F4N2O/c25-19-8-6-17(7-9-19)15-23(10-12-29-13-11-23)16-30(22(31)24(26,27)28)21-14-20(21)18-4-2-1-3-5-18/h1-9,20-21,29H,10-16H2/t20?,21-/m1/s1. The summed E-state index contributed by atoms with van der Waals surface area (Å²) in [5.74, 6) is -2.18. The molecular formula is C24H26F4N2O. The zero-order valence-corrected chi connectivity index (χ0v) is 17.2. The monoisotopic (exact) mass is 434 g/mol. The van der Waals surface area contributed by atoms with Crippen LogP contribution in [0.25, 0.3) is 0 Å². The molecule has 0 bridgehead atoms. The van der Waals surface area contributed by atoms with Gasteiger partial charge in [-0.2, -0.15) is 13.2 Å². The molecular weight excluding hydrogens is 408 g/mol. The second-order valence-corrected chi connectivity index (χ2v) is 8.80. The summed E-state index contributed by atoms with van der Waals surface area (Å²) < 4.78 is 53.9. The van der Waals surface area contributed by atoms with Crippen LogP contribution < -0.4 is 5.32 Å². The molecule has 0 aromatic heterocycles. The number of nitrogens with zero attached hydrogens (tertiary/aromatic N) is 1. The van der Waals surface area contributed by atoms with E-state index in [2.05, 4.69) is 5.32 Å². The topological polar surface area (TPSA) is 32.3 Å². The van der Waals surface area contributed by atoms with Crippen LogP contribution in [0.3, 0.4) is 0 Å². The molecule has 2 aromatic carbocycles. The Labute approximate surface area is 179 Å². The van der Waals surface area contributed by atoms with E-state index in [0.29, 0.717) is 38.8 Å². The highest BCUT2D eigenvalue weighted by atomic mass is 19.4. The maximum Gasteiger partial charge on any atom is 0.471 e. The lowest BCUT2D eigenvalue weighted by atomic mass is 9.73. The van der Waals surface area contributed by atoms with E-state index in [1.807, 2.05) is 30.3 Å². The second-order valence-electron chi connectivity index (χ2n) is 8.80. The molecule has 1 heterocycles. The molecule has 1 saturated carbocycles. The Bertz CT molecular complexity index is 892. The minimum absolute atomic E-state index is 0.0540. The van der Waals surface area contributed by atoms with Crippen LogP contribution in [0.2, 0.25) is 0 Å². The van der Waals surface area contributed by atoms with Gasteiger partial charge in [-0.05, 0) is 67.4 Å². The fourth-order valence-electron chi connectivity index (χ4n) is 4.83. The Kier molecular flexibility index (Phi) is 6.06. The number of hydrogen-bond acceptors (Lipinski definition) is 2. The van der Waals surface area contributed by atoms with Crippen LogP contribution in [-0.2, 0) is 11.2 Å². The summed E-state index contributed by atoms with van der Waals surface area (Å²) in [6, 6.07) is 15.1. The van der Waals surface area contributed by atoms with Crippen molar-refractivity contribution >= 4 is 5.91 Å². The highest BCUT2D eigenvalue weighted by Gasteiger charge is 2.53. The molecule has 1 amide bonds. The number of nitrogens with one attached hydrogen (secondary N) is 1. The molecule has 0 radical (unpaired) electrons. The van der Waals surface area contributed by atoms with Crippen LogP contribution >= 0.6 is 0 Å². The zero-order chi connectivity index (χ0) is 22.1. The molecule has 4 rings (SSSR count). The van der Waals surface area contributed by atoms with E-state index >= 15 is 0 Å². The molecule has 7 heteroatoms. The Morgan fingerprint density at radius 1 is 1.03 bits per heavy atom. The number of rotatable bonds is 6. The van der Waals surface area contributed by atoms with Crippen molar-refractivity contribution in [2.75, 3.05) is 19.6 Å². The number of carbonyl (C=O) groups excluding carboxylic acids is 1. The SMILES string of the molecule is O=C(N(CC1(Cc2ccc(F)cc2)CCNCC1)[C@@H]1CC1c1ccccc1)C(F)(F)F. The zero-order valence-electron chi connectivity index (χ0n) is 17.2. The van der Waals surface area contributed by atoms with Crippen molar-refractivity contribution in [2.24, 2.45) is 5.41 Å². The summed E-state index contributed by atoms with van der Waals surface area (Å²) in [5.41, 5.74) is 1.36. The Morgan fingerprint density at radius 3 is 2.29 bits per heavy atom. The number of carbonyl (C=O) groups is 1. The van der Waals surface area contributed by atoms with Crippen LogP contribution in [0, 0.1) is 11.2 Å². The molecule has 2 atom stereocenters. The van der Waals surface area contributed by atoms with E-state index in [9.17, 15) is 22.4 Å². The lowest BCUT2D eigenvalue weighted by Crippen LogP contribution is -2.51. The van der Waals surface area contributed by atoms with Gasteiger partial charge in [0.15, 0.2) is 0 Å². The third-order valence-electron chi connectivity index (χ3n) is 6.55. The van der Waals surface area contributed by atoms with Gasteiger partial charge in [-0.25, -0.2) is 4.39 Å². The summed E-state index contributed by atoms with van der Waals surface area (Å²) in [4.78, 5) is 13.5. The van der Waals surface area contributed by atoms with Crippen molar-refractivity contribution in [2.45, 2.75) is 43.8 Å². The highest BCUT2D eigenvalue weighted by Crippen LogP contribution is 2.48.